The molecule has 90 valence electrons. The van der Waals surface area contributed by atoms with Crippen LogP contribution in [-0.4, -0.2) is 41.6 Å². The van der Waals surface area contributed by atoms with Gasteiger partial charge in [-0.05, 0) is 6.42 Å². The SMILES string of the molecule is CCC(CO)NCC(C(=O)O)C(F)(F)F. The highest BCUT2D eigenvalue weighted by molar-refractivity contribution is 5.71. The summed E-state index contributed by atoms with van der Waals surface area (Å²) in [7, 11) is 0. The molecule has 7 heteroatoms. The molecule has 0 saturated heterocycles. The molecule has 0 aliphatic heterocycles. The molecule has 0 bridgehead atoms. The zero-order chi connectivity index (χ0) is 12.1. The molecule has 0 aromatic heterocycles. The first-order valence-corrected chi connectivity index (χ1v) is 4.46. The van der Waals surface area contributed by atoms with Crippen LogP contribution in [0.1, 0.15) is 13.3 Å². The van der Waals surface area contributed by atoms with Crippen LogP contribution in [0.15, 0.2) is 0 Å². The van der Waals surface area contributed by atoms with E-state index >= 15 is 0 Å². The second kappa shape index (κ2) is 5.92. The van der Waals surface area contributed by atoms with Gasteiger partial charge in [0.2, 0.25) is 0 Å². The smallest absolute Gasteiger partial charge is 0.403 e. The second-order valence-corrected chi connectivity index (χ2v) is 3.13. The number of nitrogens with one attached hydrogen (secondary N) is 1. The van der Waals surface area contributed by atoms with Crippen molar-refractivity contribution >= 4 is 5.97 Å². The highest BCUT2D eigenvalue weighted by Crippen LogP contribution is 2.25. The molecule has 3 N–H and O–H groups in total. The lowest BCUT2D eigenvalue weighted by molar-refractivity contribution is -0.192. The van der Waals surface area contributed by atoms with Crippen LogP contribution in [0.3, 0.4) is 0 Å². The summed E-state index contributed by atoms with van der Waals surface area (Å²) in [6.45, 7) is 0.635. The standard InChI is InChI=1S/C8H14F3NO3/c1-2-5(4-13)12-3-6(7(14)15)8(9,10)11/h5-6,12-13H,2-4H2,1H3,(H,14,15). The number of rotatable bonds is 6. The van der Waals surface area contributed by atoms with Crippen molar-refractivity contribution < 1.29 is 28.2 Å². The lowest BCUT2D eigenvalue weighted by Crippen LogP contribution is -2.43. The van der Waals surface area contributed by atoms with Crippen LogP contribution >= 0.6 is 0 Å². The fourth-order valence-electron chi connectivity index (χ4n) is 0.966. The van der Waals surface area contributed by atoms with E-state index in [1.165, 1.54) is 0 Å². The molecule has 2 atom stereocenters. The fraction of sp³-hybridized carbons (Fsp3) is 0.875. The first kappa shape index (κ1) is 14.2. The summed E-state index contributed by atoms with van der Waals surface area (Å²) in [6.07, 6.45) is -4.34. The summed E-state index contributed by atoms with van der Waals surface area (Å²) in [5.74, 6) is -4.35. The minimum absolute atomic E-state index is 0.319. The molecule has 0 aliphatic rings. The number of carboxylic acids is 1. The lowest BCUT2D eigenvalue weighted by Gasteiger charge is -2.20. The first-order chi connectivity index (χ1) is 6.82. The van der Waals surface area contributed by atoms with Gasteiger partial charge in [0, 0.05) is 12.6 Å². The van der Waals surface area contributed by atoms with Crippen LogP contribution in [0.25, 0.3) is 0 Å². The molecule has 0 aromatic rings. The zero-order valence-corrected chi connectivity index (χ0v) is 8.21. The number of halogens is 3. The number of aliphatic hydroxyl groups is 1. The molecule has 0 fully saturated rings. The zero-order valence-electron chi connectivity index (χ0n) is 8.21. The van der Waals surface area contributed by atoms with E-state index in [0.29, 0.717) is 6.42 Å². The van der Waals surface area contributed by atoms with Gasteiger partial charge < -0.3 is 15.5 Å². The maximum absolute atomic E-state index is 12.1. The Morgan fingerprint density at radius 3 is 2.27 bits per heavy atom. The highest BCUT2D eigenvalue weighted by atomic mass is 19.4. The number of carbonyl (C=O) groups is 1. The van der Waals surface area contributed by atoms with Gasteiger partial charge in [0.25, 0.3) is 0 Å². The van der Waals surface area contributed by atoms with Crippen LogP contribution in [-0.2, 0) is 4.79 Å². The van der Waals surface area contributed by atoms with E-state index in [-0.39, 0.29) is 6.61 Å². The molecule has 0 radical (unpaired) electrons. The molecular formula is C8H14F3NO3. The number of carboxylic acid groups (broad SMARTS) is 1. The number of alkyl halides is 3. The quantitative estimate of drug-likeness (QED) is 0.624. The maximum atomic E-state index is 12.1. The van der Waals surface area contributed by atoms with Gasteiger partial charge in [0.15, 0.2) is 5.92 Å². The fourth-order valence-corrected chi connectivity index (χ4v) is 0.966. The normalized spacial score (nSPS) is 16.1. The van der Waals surface area contributed by atoms with Gasteiger partial charge in [-0.1, -0.05) is 6.92 Å². The Morgan fingerprint density at radius 1 is 1.47 bits per heavy atom. The Balaban J connectivity index is 4.26. The lowest BCUT2D eigenvalue weighted by atomic mass is 10.1. The number of aliphatic carboxylic acids is 1. The van der Waals surface area contributed by atoms with E-state index in [0.717, 1.165) is 0 Å². The molecule has 0 spiro atoms. The van der Waals surface area contributed by atoms with Crippen molar-refractivity contribution in [3.63, 3.8) is 0 Å². The van der Waals surface area contributed by atoms with E-state index in [4.69, 9.17) is 10.2 Å². The number of aliphatic hydroxyl groups excluding tert-OH is 1. The molecule has 0 saturated carbocycles. The Labute approximate surface area is 85.1 Å². The predicted molar refractivity (Wildman–Crippen MR) is 46.3 cm³/mol. The maximum Gasteiger partial charge on any atom is 0.403 e. The van der Waals surface area contributed by atoms with E-state index in [1.807, 2.05) is 0 Å². The Morgan fingerprint density at radius 2 is 2.00 bits per heavy atom. The minimum atomic E-state index is -4.77. The summed E-state index contributed by atoms with van der Waals surface area (Å²) >= 11 is 0. The van der Waals surface area contributed by atoms with Crippen LogP contribution in [0.5, 0.6) is 0 Å². The van der Waals surface area contributed by atoms with Crippen LogP contribution in [0.4, 0.5) is 13.2 Å². The van der Waals surface area contributed by atoms with Crippen molar-refractivity contribution in [2.45, 2.75) is 25.6 Å². The van der Waals surface area contributed by atoms with Crippen molar-refractivity contribution in [1.82, 2.24) is 5.32 Å². The van der Waals surface area contributed by atoms with Crippen molar-refractivity contribution in [2.24, 2.45) is 5.92 Å². The monoisotopic (exact) mass is 229 g/mol. The van der Waals surface area contributed by atoms with E-state index in [1.54, 1.807) is 6.92 Å². The summed E-state index contributed by atoms with van der Waals surface area (Å²) in [4.78, 5) is 10.3. The third-order valence-corrected chi connectivity index (χ3v) is 2.02. The Hall–Kier alpha value is -0.820. The van der Waals surface area contributed by atoms with Crippen molar-refractivity contribution in [1.29, 1.82) is 0 Å². The minimum Gasteiger partial charge on any atom is -0.481 e. The molecule has 0 rings (SSSR count). The molecule has 4 nitrogen and oxygen atoms in total. The number of hydrogen-bond acceptors (Lipinski definition) is 3. The van der Waals surface area contributed by atoms with E-state index in [2.05, 4.69) is 5.32 Å². The Kier molecular flexibility index (Phi) is 5.59. The molecule has 0 aliphatic carbocycles. The van der Waals surface area contributed by atoms with Crippen molar-refractivity contribution in [3.05, 3.63) is 0 Å². The van der Waals surface area contributed by atoms with E-state index < -0.39 is 30.7 Å². The summed E-state index contributed by atoms with van der Waals surface area (Å²) in [5, 5.41) is 19.4. The van der Waals surface area contributed by atoms with Gasteiger partial charge in [-0.15, -0.1) is 0 Å². The molecule has 0 amide bonds. The van der Waals surface area contributed by atoms with Crippen LogP contribution < -0.4 is 5.32 Å². The van der Waals surface area contributed by atoms with Gasteiger partial charge in [0.1, 0.15) is 0 Å². The Bertz CT molecular complexity index is 204. The molecular weight excluding hydrogens is 215 g/mol. The summed E-state index contributed by atoms with van der Waals surface area (Å²) in [5.41, 5.74) is 0. The van der Waals surface area contributed by atoms with E-state index in [9.17, 15) is 18.0 Å². The molecule has 0 heterocycles. The van der Waals surface area contributed by atoms with Gasteiger partial charge in [-0.25, -0.2) is 0 Å². The van der Waals surface area contributed by atoms with Gasteiger partial charge in [0.05, 0.1) is 6.61 Å². The van der Waals surface area contributed by atoms with Crippen molar-refractivity contribution in [3.8, 4) is 0 Å². The van der Waals surface area contributed by atoms with Crippen LogP contribution in [0.2, 0.25) is 0 Å². The van der Waals surface area contributed by atoms with Crippen molar-refractivity contribution in [2.75, 3.05) is 13.2 Å². The third kappa shape index (κ3) is 4.98. The van der Waals surface area contributed by atoms with Crippen LogP contribution in [0, 0.1) is 5.92 Å². The van der Waals surface area contributed by atoms with Gasteiger partial charge >= 0.3 is 12.1 Å². The largest absolute Gasteiger partial charge is 0.481 e. The third-order valence-electron chi connectivity index (χ3n) is 2.02. The second-order valence-electron chi connectivity index (χ2n) is 3.13. The predicted octanol–water partition coefficient (Wildman–Crippen LogP) is 0.610. The average Bonchev–Trinajstić information content (AvgIpc) is 2.09. The molecule has 2 unspecified atom stereocenters. The topological polar surface area (TPSA) is 69.6 Å². The molecule has 15 heavy (non-hydrogen) atoms. The van der Waals surface area contributed by atoms with Gasteiger partial charge in [-0.3, -0.25) is 4.79 Å². The summed E-state index contributed by atoms with van der Waals surface area (Å²) < 4.78 is 36.4. The summed E-state index contributed by atoms with van der Waals surface area (Å²) in [6, 6.07) is -0.505. The first-order valence-electron chi connectivity index (χ1n) is 4.46. The number of hydrogen-bond donors (Lipinski definition) is 3. The molecule has 0 aromatic carbocycles. The average molecular weight is 229 g/mol. The van der Waals surface area contributed by atoms with Gasteiger partial charge in [-0.2, -0.15) is 13.2 Å². The highest BCUT2D eigenvalue weighted by Gasteiger charge is 2.44.